The van der Waals surface area contributed by atoms with Gasteiger partial charge in [0.2, 0.25) is 0 Å². The zero-order chi connectivity index (χ0) is 0. The van der Waals surface area contributed by atoms with Crippen molar-refractivity contribution in [3.63, 3.8) is 0 Å². The molecule has 0 aliphatic rings. The van der Waals surface area contributed by atoms with Crippen molar-refractivity contribution in [1.29, 1.82) is 0 Å². The monoisotopic (exact) mass is 189 g/mol. The topological polar surface area (TPSA) is 0 Å². The largest absolute Gasteiger partial charge is 2.00 e. The van der Waals surface area contributed by atoms with Gasteiger partial charge >= 0.3 is 17.1 Å². The molecule has 0 unspecified atom stereocenters. The van der Waals surface area contributed by atoms with Crippen molar-refractivity contribution in [2.75, 3.05) is 0 Å². The van der Waals surface area contributed by atoms with Crippen LogP contribution in [-0.4, -0.2) is 0 Å². The molecule has 0 fully saturated rings. The molecule has 1 radical (unpaired) electrons. The molecule has 0 saturated carbocycles. The maximum Gasteiger partial charge on any atom is 2.00 e. The summed E-state index contributed by atoms with van der Waals surface area (Å²) in [5.41, 5.74) is 0. The molecule has 0 aromatic rings. The zero-order valence-corrected chi connectivity index (χ0v) is 4.97. The SMILES string of the molecule is [Cl-].[Cl-].[Cu].[Fe+2]. The molecule has 4 heavy (non-hydrogen) atoms. The first kappa shape index (κ1) is 45.7. The van der Waals surface area contributed by atoms with Crippen molar-refractivity contribution in [1.82, 2.24) is 0 Å². The van der Waals surface area contributed by atoms with Crippen LogP contribution in [0, 0.1) is 0 Å². The minimum Gasteiger partial charge on any atom is -1.00 e. The van der Waals surface area contributed by atoms with E-state index in [1.165, 1.54) is 0 Å². The smallest absolute Gasteiger partial charge is 1.00 e. The summed E-state index contributed by atoms with van der Waals surface area (Å²) in [7, 11) is 0. The van der Waals surface area contributed by atoms with E-state index in [2.05, 4.69) is 0 Å². The van der Waals surface area contributed by atoms with Crippen molar-refractivity contribution in [2.24, 2.45) is 0 Å². The van der Waals surface area contributed by atoms with Crippen molar-refractivity contribution in [3.8, 4) is 0 Å². The third-order valence-electron chi connectivity index (χ3n) is 0. The van der Waals surface area contributed by atoms with Gasteiger partial charge < -0.3 is 24.8 Å². The summed E-state index contributed by atoms with van der Waals surface area (Å²) >= 11 is 0. The summed E-state index contributed by atoms with van der Waals surface area (Å²) in [6, 6.07) is 0. The summed E-state index contributed by atoms with van der Waals surface area (Å²) in [6.07, 6.45) is 0. The summed E-state index contributed by atoms with van der Waals surface area (Å²) < 4.78 is 0. The minimum atomic E-state index is 0. The van der Waals surface area contributed by atoms with Gasteiger partial charge in [-0.05, 0) is 0 Å². The molecule has 0 nitrogen and oxygen atoms in total. The van der Waals surface area contributed by atoms with E-state index in [4.69, 9.17) is 0 Å². The summed E-state index contributed by atoms with van der Waals surface area (Å²) in [4.78, 5) is 0. The molecule has 0 aliphatic carbocycles. The fraction of sp³-hybridized carbons (Fsp3) is 0. The number of halogens is 2. The van der Waals surface area contributed by atoms with Gasteiger partial charge in [0.15, 0.2) is 0 Å². The van der Waals surface area contributed by atoms with E-state index in [9.17, 15) is 0 Å². The maximum absolute atomic E-state index is 0. The van der Waals surface area contributed by atoms with E-state index >= 15 is 0 Å². The molecule has 0 aromatic carbocycles. The zero-order valence-electron chi connectivity index (χ0n) is 1.41. The first-order valence-corrected chi connectivity index (χ1v) is 0. The average molecular weight is 190 g/mol. The molecule has 0 atom stereocenters. The molecule has 0 aliphatic heterocycles. The Labute approximate surface area is 58.9 Å². The second-order valence-electron chi connectivity index (χ2n) is 0. The standard InChI is InChI=1S/2ClH.Cu.Fe/h2*1H;;/q;;;+2/p-2. The van der Waals surface area contributed by atoms with E-state index in [1.807, 2.05) is 0 Å². The van der Waals surface area contributed by atoms with Crippen molar-refractivity contribution < 1.29 is 59.0 Å². The summed E-state index contributed by atoms with van der Waals surface area (Å²) in [6.45, 7) is 0. The van der Waals surface area contributed by atoms with Gasteiger partial charge in [0.25, 0.3) is 0 Å². The molecule has 0 aromatic heterocycles. The second-order valence-corrected chi connectivity index (χ2v) is 0. The van der Waals surface area contributed by atoms with Crippen LogP contribution in [0.3, 0.4) is 0 Å². The van der Waals surface area contributed by atoms with Gasteiger partial charge in [-0.2, -0.15) is 0 Å². The van der Waals surface area contributed by atoms with Gasteiger partial charge in [-0.25, -0.2) is 0 Å². The first-order valence-electron chi connectivity index (χ1n) is 0. The van der Waals surface area contributed by atoms with Gasteiger partial charge in [0.1, 0.15) is 0 Å². The minimum absolute atomic E-state index is 0. The van der Waals surface area contributed by atoms with E-state index in [-0.39, 0.29) is 59.0 Å². The molecule has 0 rings (SSSR count). The predicted octanol–water partition coefficient (Wildman–Crippen LogP) is -6.00. The molecule has 0 heterocycles. The third kappa shape index (κ3) is 9.47. The Balaban J connectivity index is 0. The fourth-order valence-corrected chi connectivity index (χ4v) is 0. The Bertz CT molecular complexity index is 6.00. The predicted molar refractivity (Wildman–Crippen MR) is 0 cm³/mol. The maximum atomic E-state index is 0. The Morgan fingerprint density at radius 2 is 0.750 bits per heavy atom. The molecule has 0 saturated heterocycles. The van der Waals surface area contributed by atoms with Gasteiger partial charge in [0.05, 0.1) is 0 Å². The van der Waals surface area contributed by atoms with E-state index in [0.717, 1.165) is 0 Å². The first-order chi connectivity index (χ1) is 0. The van der Waals surface area contributed by atoms with Crippen LogP contribution in [-0.2, 0) is 34.1 Å². The van der Waals surface area contributed by atoms with Gasteiger partial charge in [-0.1, -0.05) is 0 Å². The van der Waals surface area contributed by atoms with Crippen molar-refractivity contribution >= 4 is 0 Å². The quantitative estimate of drug-likeness (QED) is 0.334. The van der Waals surface area contributed by atoms with Crippen LogP contribution in [0.4, 0.5) is 0 Å². The van der Waals surface area contributed by atoms with Crippen molar-refractivity contribution in [2.45, 2.75) is 0 Å². The fourth-order valence-electron chi connectivity index (χ4n) is 0. The van der Waals surface area contributed by atoms with Crippen LogP contribution < -0.4 is 24.8 Å². The third-order valence-corrected chi connectivity index (χ3v) is 0. The van der Waals surface area contributed by atoms with Crippen LogP contribution in [0.15, 0.2) is 0 Å². The Morgan fingerprint density at radius 1 is 0.750 bits per heavy atom. The van der Waals surface area contributed by atoms with Crippen LogP contribution in [0.2, 0.25) is 0 Å². The number of hydrogen-bond acceptors (Lipinski definition) is 0. The molecule has 0 N–H and O–H groups in total. The molecule has 33 valence electrons. The molecular formula is Cl2CuFe. The van der Waals surface area contributed by atoms with E-state index in [1.54, 1.807) is 0 Å². The van der Waals surface area contributed by atoms with Crippen molar-refractivity contribution in [3.05, 3.63) is 0 Å². The molecule has 0 spiro atoms. The van der Waals surface area contributed by atoms with Crippen LogP contribution >= 0.6 is 0 Å². The normalized spacial score (nSPS) is 0. The molecular weight excluding hydrogens is 190 g/mol. The van der Waals surface area contributed by atoms with Crippen LogP contribution in [0.5, 0.6) is 0 Å². The number of hydrogen-bond donors (Lipinski definition) is 0. The average Bonchev–Trinajstić information content (AvgIpc) is 0. The summed E-state index contributed by atoms with van der Waals surface area (Å²) in [5, 5.41) is 0. The Kier molecular flexibility index (Phi) is 264. The van der Waals surface area contributed by atoms with E-state index in [0.29, 0.717) is 0 Å². The Morgan fingerprint density at radius 3 is 0.750 bits per heavy atom. The van der Waals surface area contributed by atoms with Crippen LogP contribution in [0.25, 0.3) is 0 Å². The molecule has 0 bridgehead atoms. The van der Waals surface area contributed by atoms with Crippen LogP contribution in [0.1, 0.15) is 0 Å². The second kappa shape index (κ2) is 23.1. The van der Waals surface area contributed by atoms with E-state index < -0.39 is 0 Å². The molecule has 0 amide bonds. The summed E-state index contributed by atoms with van der Waals surface area (Å²) in [5.74, 6) is 0. The van der Waals surface area contributed by atoms with Gasteiger partial charge in [0, 0.05) is 17.1 Å². The molecule has 4 heteroatoms. The van der Waals surface area contributed by atoms with Gasteiger partial charge in [-0.3, -0.25) is 0 Å². The number of rotatable bonds is 0. The van der Waals surface area contributed by atoms with Gasteiger partial charge in [-0.15, -0.1) is 0 Å². The Hall–Kier alpha value is 1.62.